The molecule has 1 aromatic rings. The number of aliphatic hydroxyl groups is 1. The number of fused-ring (bicyclic) bond motifs is 1. The summed E-state index contributed by atoms with van der Waals surface area (Å²) in [6, 6.07) is 0. The molecule has 0 amide bonds. The van der Waals surface area contributed by atoms with Crippen LogP contribution in [0.1, 0.15) is 49.5 Å². The lowest BCUT2D eigenvalue weighted by Crippen LogP contribution is -2.17. The van der Waals surface area contributed by atoms with Crippen molar-refractivity contribution >= 4 is 16.3 Å². The van der Waals surface area contributed by atoms with Crippen molar-refractivity contribution < 1.29 is 9.84 Å². The predicted octanol–water partition coefficient (Wildman–Crippen LogP) is 2.58. The number of aliphatic hydroxyl groups excluding tert-OH is 1. The summed E-state index contributed by atoms with van der Waals surface area (Å²) in [7, 11) is 0. The van der Waals surface area contributed by atoms with E-state index in [0.717, 1.165) is 18.4 Å². The van der Waals surface area contributed by atoms with Crippen molar-refractivity contribution in [3.05, 3.63) is 16.0 Å². The highest BCUT2D eigenvalue weighted by atomic mass is 32.1. The first-order valence-electron chi connectivity index (χ1n) is 5.68. The minimum absolute atomic E-state index is 0.108. The zero-order valence-electron chi connectivity index (χ0n) is 10.0. The van der Waals surface area contributed by atoms with Gasteiger partial charge in [0.25, 0.3) is 0 Å². The van der Waals surface area contributed by atoms with Gasteiger partial charge in [0, 0.05) is 17.0 Å². The molecule has 90 valence electrons. The Labute approximate surface area is 100 Å². The molecule has 1 aliphatic carbocycles. The number of rotatable bonds is 3. The highest BCUT2D eigenvalue weighted by Gasteiger charge is 2.37. The van der Waals surface area contributed by atoms with Gasteiger partial charge in [0.05, 0.1) is 5.00 Å². The normalized spacial score (nSPS) is 19.8. The van der Waals surface area contributed by atoms with E-state index in [2.05, 4.69) is 13.8 Å². The average Bonchev–Trinajstić information content (AvgIpc) is 2.65. The standard InChI is InChI=1S/C12H19NO2S/c1-4-15-11(14)8-9-7(16-10(8)13)5-6-12(9,2)3/h11,14H,4-6,13H2,1-3H3. The first-order chi connectivity index (χ1) is 7.47. The Kier molecular flexibility index (Phi) is 2.99. The molecule has 1 aromatic heterocycles. The Morgan fingerprint density at radius 1 is 1.56 bits per heavy atom. The summed E-state index contributed by atoms with van der Waals surface area (Å²) < 4.78 is 5.27. The van der Waals surface area contributed by atoms with Crippen molar-refractivity contribution in [1.29, 1.82) is 0 Å². The van der Waals surface area contributed by atoms with Crippen LogP contribution >= 0.6 is 11.3 Å². The maximum Gasteiger partial charge on any atom is 0.184 e. The molecule has 0 aliphatic heterocycles. The van der Waals surface area contributed by atoms with Gasteiger partial charge in [-0.05, 0) is 30.7 Å². The first kappa shape index (κ1) is 11.9. The van der Waals surface area contributed by atoms with Gasteiger partial charge in [-0.3, -0.25) is 0 Å². The van der Waals surface area contributed by atoms with E-state index in [0.29, 0.717) is 11.6 Å². The van der Waals surface area contributed by atoms with Crippen molar-refractivity contribution in [2.24, 2.45) is 0 Å². The van der Waals surface area contributed by atoms with Crippen LogP contribution in [-0.4, -0.2) is 11.7 Å². The van der Waals surface area contributed by atoms with Crippen LogP contribution in [0.15, 0.2) is 0 Å². The molecule has 0 radical (unpaired) electrons. The second-order valence-electron chi connectivity index (χ2n) is 4.87. The van der Waals surface area contributed by atoms with E-state index < -0.39 is 6.29 Å². The van der Waals surface area contributed by atoms with Gasteiger partial charge in [-0.2, -0.15) is 0 Å². The van der Waals surface area contributed by atoms with Crippen molar-refractivity contribution in [3.63, 3.8) is 0 Å². The Hall–Kier alpha value is -0.580. The Balaban J connectivity index is 2.46. The van der Waals surface area contributed by atoms with Crippen molar-refractivity contribution in [2.75, 3.05) is 12.3 Å². The average molecular weight is 241 g/mol. The highest BCUT2D eigenvalue weighted by Crippen LogP contribution is 2.49. The Bertz CT molecular complexity index is 398. The van der Waals surface area contributed by atoms with E-state index in [4.69, 9.17) is 10.5 Å². The van der Waals surface area contributed by atoms with E-state index in [1.165, 1.54) is 10.4 Å². The summed E-state index contributed by atoms with van der Waals surface area (Å²) in [6.45, 7) is 6.77. The summed E-state index contributed by atoms with van der Waals surface area (Å²) in [5, 5.41) is 10.7. The molecule has 1 atom stereocenters. The number of thiophene rings is 1. The summed E-state index contributed by atoms with van der Waals surface area (Å²) in [5.41, 5.74) is 8.12. The molecule has 3 N–H and O–H groups in total. The van der Waals surface area contributed by atoms with Crippen molar-refractivity contribution in [1.82, 2.24) is 0 Å². The smallest absolute Gasteiger partial charge is 0.184 e. The fourth-order valence-corrected chi connectivity index (χ4v) is 3.74. The van der Waals surface area contributed by atoms with Gasteiger partial charge in [0.2, 0.25) is 0 Å². The fraction of sp³-hybridized carbons (Fsp3) is 0.667. The summed E-state index contributed by atoms with van der Waals surface area (Å²) in [4.78, 5) is 1.32. The molecule has 16 heavy (non-hydrogen) atoms. The van der Waals surface area contributed by atoms with Gasteiger partial charge in [-0.25, -0.2) is 0 Å². The third-order valence-corrected chi connectivity index (χ3v) is 4.37. The van der Waals surface area contributed by atoms with Gasteiger partial charge >= 0.3 is 0 Å². The summed E-state index contributed by atoms with van der Waals surface area (Å²) in [5.74, 6) is 0. The lowest BCUT2D eigenvalue weighted by atomic mass is 9.85. The second kappa shape index (κ2) is 4.02. The van der Waals surface area contributed by atoms with Gasteiger partial charge < -0.3 is 15.6 Å². The molecule has 0 aromatic carbocycles. The van der Waals surface area contributed by atoms with Crippen LogP contribution in [0, 0.1) is 0 Å². The molecular weight excluding hydrogens is 222 g/mol. The molecule has 4 heteroatoms. The molecule has 0 bridgehead atoms. The number of anilines is 1. The molecule has 1 heterocycles. The number of nitrogen functional groups attached to an aromatic ring is 1. The van der Waals surface area contributed by atoms with Crippen LogP contribution in [0.5, 0.6) is 0 Å². The van der Waals surface area contributed by atoms with Crippen LogP contribution in [0.2, 0.25) is 0 Å². The van der Waals surface area contributed by atoms with E-state index >= 15 is 0 Å². The monoisotopic (exact) mass is 241 g/mol. The third-order valence-electron chi connectivity index (χ3n) is 3.27. The van der Waals surface area contributed by atoms with Gasteiger partial charge in [0.15, 0.2) is 6.29 Å². The number of ether oxygens (including phenoxy) is 1. The molecule has 3 nitrogen and oxygen atoms in total. The van der Waals surface area contributed by atoms with Gasteiger partial charge in [-0.1, -0.05) is 13.8 Å². The molecule has 0 saturated heterocycles. The lowest BCUT2D eigenvalue weighted by molar-refractivity contribution is -0.0980. The fourth-order valence-electron chi connectivity index (χ4n) is 2.47. The van der Waals surface area contributed by atoms with E-state index in [1.807, 2.05) is 6.92 Å². The maximum atomic E-state index is 9.99. The van der Waals surface area contributed by atoms with E-state index in [-0.39, 0.29) is 5.41 Å². The van der Waals surface area contributed by atoms with Crippen LogP contribution in [0.4, 0.5) is 5.00 Å². The second-order valence-corrected chi connectivity index (χ2v) is 6.01. The lowest BCUT2D eigenvalue weighted by Gasteiger charge is -2.22. The van der Waals surface area contributed by atoms with Gasteiger partial charge in [0.1, 0.15) is 0 Å². The Morgan fingerprint density at radius 3 is 2.88 bits per heavy atom. The van der Waals surface area contributed by atoms with Crippen LogP contribution in [-0.2, 0) is 16.6 Å². The van der Waals surface area contributed by atoms with E-state index in [9.17, 15) is 5.11 Å². The number of aryl methyl sites for hydroxylation is 1. The summed E-state index contributed by atoms with van der Waals surface area (Å²) >= 11 is 1.60. The van der Waals surface area contributed by atoms with Crippen LogP contribution < -0.4 is 5.73 Å². The predicted molar refractivity (Wildman–Crippen MR) is 66.7 cm³/mol. The van der Waals surface area contributed by atoms with E-state index in [1.54, 1.807) is 11.3 Å². The number of hydrogen-bond donors (Lipinski definition) is 2. The molecule has 0 saturated carbocycles. The zero-order chi connectivity index (χ0) is 11.9. The Morgan fingerprint density at radius 2 is 2.25 bits per heavy atom. The van der Waals surface area contributed by atoms with Crippen molar-refractivity contribution in [2.45, 2.75) is 45.3 Å². The topological polar surface area (TPSA) is 55.5 Å². The molecule has 2 rings (SSSR count). The van der Waals surface area contributed by atoms with Crippen LogP contribution in [0.3, 0.4) is 0 Å². The van der Waals surface area contributed by atoms with Crippen LogP contribution in [0.25, 0.3) is 0 Å². The summed E-state index contributed by atoms with van der Waals surface area (Å²) in [6.07, 6.45) is 1.32. The SMILES string of the molecule is CCOC(O)c1c(N)sc2c1C(C)(C)CC2. The molecule has 0 fully saturated rings. The zero-order valence-corrected chi connectivity index (χ0v) is 10.9. The van der Waals surface area contributed by atoms with Gasteiger partial charge in [-0.15, -0.1) is 11.3 Å². The minimum atomic E-state index is -0.873. The third kappa shape index (κ3) is 1.75. The molecule has 0 spiro atoms. The quantitative estimate of drug-likeness (QED) is 0.800. The maximum absolute atomic E-state index is 9.99. The number of nitrogens with two attached hydrogens (primary N) is 1. The molecule has 1 aliphatic rings. The highest BCUT2D eigenvalue weighted by molar-refractivity contribution is 7.16. The first-order valence-corrected chi connectivity index (χ1v) is 6.50. The minimum Gasteiger partial charge on any atom is -0.390 e. The molecule has 1 unspecified atom stereocenters. The van der Waals surface area contributed by atoms with Crippen molar-refractivity contribution in [3.8, 4) is 0 Å². The number of hydrogen-bond acceptors (Lipinski definition) is 4. The largest absolute Gasteiger partial charge is 0.390 e. The molecular formula is C12H19NO2S.